The number of aromatic nitrogens is 1. The van der Waals surface area contributed by atoms with Crippen LogP contribution in [0, 0.1) is 6.92 Å². The monoisotopic (exact) mass is 347 g/mol. The number of carbonyl (C=O) groups excluding carboxylic acids is 1. The molecule has 1 heterocycles. The lowest BCUT2D eigenvalue weighted by molar-refractivity contribution is 0.203. The van der Waals surface area contributed by atoms with E-state index in [4.69, 9.17) is 4.74 Å². The minimum absolute atomic E-state index is 0.104. The lowest BCUT2D eigenvalue weighted by atomic mass is 10.1. The quantitative estimate of drug-likeness (QED) is 0.854. The highest BCUT2D eigenvalue weighted by molar-refractivity contribution is 7.09. The van der Waals surface area contributed by atoms with Crippen molar-refractivity contribution in [3.8, 4) is 5.75 Å². The smallest absolute Gasteiger partial charge is 0.317 e. The van der Waals surface area contributed by atoms with Gasteiger partial charge in [0.15, 0.2) is 0 Å². The van der Waals surface area contributed by atoms with Gasteiger partial charge in [0.1, 0.15) is 5.75 Å². The van der Waals surface area contributed by atoms with Crippen LogP contribution < -0.4 is 10.1 Å². The molecule has 1 N–H and O–H groups in total. The third kappa shape index (κ3) is 5.23. The molecule has 0 aliphatic rings. The normalized spacial score (nSPS) is 12.1. The minimum atomic E-state index is -0.122. The van der Waals surface area contributed by atoms with Crippen LogP contribution in [0.15, 0.2) is 29.6 Å². The molecule has 0 saturated heterocycles. The Labute approximate surface area is 147 Å². The number of carbonyl (C=O) groups is 1. The predicted octanol–water partition coefficient (Wildman–Crippen LogP) is 4.14. The van der Waals surface area contributed by atoms with Gasteiger partial charge < -0.3 is 15.0 Å². The Kier molecular flexibility index (Phi) is 6.20. The van der Waals surface area contributed by atoms with Gasteiger partial charge in [0.05, 0.1) is 29.4 Å². The van der Waals surface area contributed by atoms with E-state index in [9.17, 15) is 4.79 Å². The van der Waals surface area contributed by atoms with Gasteiger partial charge in [-0.15, -0.1) is 11.3 Å². The van der Waals surface area contributed by atoms with Crippen LogP contribution in [0.5, 0.6) is 5.75 Å². The summed E-state index contributed by atoms with van der Waals surface area (Å²) >= 11 is 1.59. The average Bonchev–Trinajstić information content (AvgIpc) is 2.91. The van der Waals surface area contributed by atoms with Crippen LogP contribution in [0.25, 0.3) is 0 Å². The van der Waals surface area contributed by atoms with Crippen LogP contribution in [0.3, 0.4) is 0 Å². The molecule has 0 saturated carbocycles. The number of benzene rings is 1. The maximum atomic E-state index is 12.4. The van der Waals surface area contributed by atoms with Crippen molar-refractivity contribution < 1.29 is 9.53 Å². The predicted molar refractivity (Wildman–Crippen MR) is 97.5 cm³/mol. The second kappa shape index (κ2) is 8.15. The number of hydrogen-bond acceptors (Lipinski definition) is 4. The van der Waals surface area contributed by atoms with E-state index in [1.165, 1.54) is 0 Å². The van der Waals surface area contributed by atoms with Crippen LogP contribution in [-0.4, -0.2) is 29.1 Å². The van der Waals surface area contributed by atoms with Crippen molar-refractivity contribution >= 4 is 17.4 Å². The fourth-order valence-corrected chi connectivity index (χ4v) is 2.91. The molecule has 1 aromatic heterocycles. The number of hydrogen-bond donors (Lipinski definition) is 1. The van der Waals surface area contributed by atoms with Crippen molar-refractivity contribution in [2.75, 3.05) is 7.05 Å². The van der Waals surface area contributed by atoms with Crippen LogP contribution in [0.1, 0.15) is 43.1 Å². The van der Waals surface area contributed by atoms with Gasteiger partial charge in [-0.05, 0) is 45.4 Å². The molecule has 0 radical (unpaired) electrons. The van der Waals surface area contributed by atoms with Gasteiger partial charge in [0.2, 0.25) is 0 Å². The molecule has 0 aliphatic heterocycles. The van der Waals surface area contributed by atoms with E-state index in [-0.39, 0.29) is 18.2 Å². The molecule has 6 heteroatoms. The molecule has 0 unspecified atom stereocenters. The van der Waals surface area contributed by atoms with E-state index < -0.39 is 0 Å². The standard InChI is InChI=1S/C18H25N3O2S/c1-12(2)23-17-8-6-7-15(9-17)13(3)19-18(22)21(5)10-16-11-24-14(4)20-16/h6-9,11-13H,10H2,1-5H3,(H,19,22)/t13-/m0/s1. The summed E-state index contributed by atoms with van der Waals surface area (Å²) in [6, 6.07) is 7.60. The second-order valence-electron chi connectivity index (χ2n) is 6.12. The highest BCUT2D eigenvalue weighted by Crippen LogP contribution is 2.20. The first kappa shape index (κ1) is 18.3. The van der Waals surface area contributed by atoms with Gasteiger partial charge in [0, 0.05) is 12.4 Å². The molecule has 0 fully saturated rings. The summed E-state index contributed by atoms with van der Waals surface area (Å²) in [5.74, 6) is 0.815. The molecule has 0 spiro atoms. The maximum absolute atomic E-state index is 12.4. The largest absolute Gasteiger partial charge is 0.491 e. The Balaban J connectivity index is 1.95. The maximum Gasteiger partial charge on any atom is 0.317 e. The summed E-state index contributed by atoms with van der Waals surface area (Å²) in [6.45, 7) is 8.41. The lowest BCUT2D eigenvalue weighted by Crippen LogP contribution is -2.38. The third-order valence-electron chi connectivity index (χ3n) is 3.48. The summed E-state index contributed by atoms with van der Waals surface area (Å²) < 4.78 is 5.71. The zero-order valence-corrected chi connectivity index (χ0v) is 15.7. The van der Waals surface area contributed by atoms with E-state index in [0.29, 0.717) is 6.54 Å². The summed E-state index contributed by atoms with van der Waals surface area (Å²) in [5, 5.41) is 6.00. The van der Waals surface area contributed by atoms with Crippen molar-refractivity contribution in [2.24, 2.45) is 0 Å². The SMILES string of the molecule is Cc1nc(CN(C)C(=O)N[C@@H](C)c2cccc(OC(C)C)c2)cs1. The van der Waals surface area contributed by atoms with Crippen molar-refractivity contribution in [1.82, 2.24) is 15.2 Å². The van der Waals surface area contributed by atoms with Crippen LogP contribution in [0.4, 0.5) is 4.79 Å². The zero-order valence-electron chi connectivity index (χ0n) is 14.9. The Morgan fingerprint density at radius 1 is 1.38 bits per heavy atom. The highest BCUT2D eigenvalue weighted by Gasteiger charge is 2.15. The Morgan fingerprint density at radius 3 is 2.75 bits per heavy atom. The summed E-state index contributed by atoms with van der Waals surface area (Å²) in [5.41, 5.74) is 1.93. The molecule has 1 atom stereocenters. The topological polar surface area (TPSA) is 54.5 Å². The van der Waals surface area contributed by atoms with E-state index >= 15 is 0 Å². The van der Waals surface area contributed by atoms with Crippen molar-refractivity contribution in [1.29, 1.82) is 0 Å². The Bertz CT molecular complexity index is 684. The molecule has 0 aliphatic carbocycles. The molecular formula is C18H25N3O2S. The zero-order chi connectivity index (χ0) is 17.7. The first-order valence-corrected chi connectivity index (χ1v) is 8.92. The number of urea groups is 1. The Morgan fingerprint density at radius 2 is 2.12 bits per heavy atom. The molecule has 5 nitrogen and oxygen atoms in total. The fraction of sp³-hybridized carbons (Fsp3) is 0.444. The Hall–Kier alpha value is -2.08. The molecule has 2 aromatic rings. The number of nitrogens with one attached hydrogen (secondary N) is 1. The van der Waals surface area contributed by atoms with E-state index in [0.717, 1.165) is 22.0 Å². The van der Waals surface area contributed by atoms with E-state index in [2.05, 4.69) is 10.3 Å². The van der Waals surface area contributed by atoms with Gasteiger partial charge in [-0.25, -0.2) is 9.78 Å². The van der Waals surface area contributed by atoms with Crippen molar-refractivity contribution in [3.63, 3.8) is 0 Å². The van der Waals surface area contributed by atoms with Gasteiger partial charge in [-0.2, -0.15) is 0 Å². The highest BCUT2D eigenvalue weighted by atomic mass is 32.1. The van der Waals surface area contributed by atoms with Crippen LogP contribution in [-0.2, 0) is 6.54 Å². The molecule has 0 bridgehead atoms. The lowest BCUT2D eigenvalue weighted by Gasteiger charge is -2.21. The van der Waals surface area contributed by atoms with Crippen LogP contribution >= 0.6 is 11.3 Å². The minimum Gasteiger partial charge on any atom is -0.491 e. The number of amides is 2. The first-order chi connectivity index (χ1) is 11.3. The summed E-state index contributed by atoms with van der Waals surface area (Å²) in [4.78, 5) is 18.4. The van der Waals surface area contributed by atoms with Gasteiger partial charge in [-0.1, -0.05) is 12.1 Å². The van der Waals surface area contributed by atoms with Crippen LogP contribution in [0.2, 0.25) is 0 Å². The molecule has 1 aromatic carbocycles. The third-order valence-corrected chi connectivity index (χ3v) is 4.30. The molecule has 2 amide bonds. The second-order valence-corrected chi connectivity index (χ2v) is 7.19. The van der Waals surface area contributed by atoms with Gasteiger partial charge >= 0.3 is 6.03 Å². The van der Waals surface area contributed by atoms with E-state index in [1.807, 2.05) is 57.3 Å². The van der Waals surface area contributed by atoms with Gasteiger partial charge in [0.25, 0.3) is 0 Å². The van der Waals surface area contributed by atoms with E-state index in [1.54, 1.807) is 23.3 Å². The summed E-state index contributed by atoms with van der Waals surface area (Å²) in [6.07, 6.45) is 0.123. The molecular weight excluding hydrogens is 322 g/mol. The number of nitrogens with zero attached hydrogens (tertiary/aromatic N) is 2. The number of aryl methyl sites for hydroxylation is 1. The summed E-state index contributed by atoms with van der Waals surface area (Å²) in [7, 11) is 1.77. The molecule has 24 heavy (non-hydrogen) atoms. The average molecular weight is 347 g/mol. The van der Waals surface area contributed by atoms with Crippen molar-refractivity contribution in [2.45, 2.75) is 46.4 Å². The molecule has 2 rings (SSSR count). The number of ether oxygens (including phenoxy) is 1. The first-order valence-electron chi connectivity index (χ1n) is 8.04. The number of thiazole rings is 1. The molecule has 130 valence electrons. The number of rotatable bonds is 6. The fourth-order valence-electron chi connectivity index (χ4n) is 2.30. The van der Waals surface area contributed by atoms with Gasteiger partial charge in [-0.3, -0.25) is 0 Å². The van der Waals surface area contributed by atoms with Crippen molar-refractivity contribution in [3.05, 3.63) is 45.9 Å².